The predicted octanol–water partition coefficient (Wildman–Crippen LogP) is 4.47. The second-order valence-corrected chi connectivity index (χ2v) is 9.79. The minimum atomic E-state index is -1.13. The molecule has 0 radical (unpaired) electrons. The van der Waals surface area contributed by atoms with Crippen molar-refractivity contribution in [3.05, 3.63) is 85.1 Å². The Morgan fingerprint density at radius 2 is 1.24 bits per heavy atom. The normalized spacial score (nSPS) is 13.0. The van der Waals surface area contributed by atoms with Crippen LogP contribution >= 0.6 is 0 Å². The summed E-state index contributed by atoms with van der Waals surface area (Å²) in [5.41, 5.74) is 0. The lowest BCUT2D eigenvalue weighted by atomic mass is 10.1. The van der Waals surface area contributed by atoms with Crippen LogP contribution in [0.15, 0.2) is 85.1 Å². The van der Waals surface area contributed by atoms with Crippen LogP contribution in [-0.4, -0.2) is 73.0 Å². The summed E-state index contributed by atoms with van der Waals surface area (Å²) in [5, 5.41) is 23.5. The predicted molar refractivity (Wildman–Crippen MR) is 177 cm³/mol. The lowest BCUT2D eigenvalue weighted by Gasteiger charge is -2.20. The third-order valence-corrected chi connectivity index (χ3v) is 5.99. The van der Waals surface area contributed by atoms with Gasteiger partial charge in [-0.3, -0.25) is 9.59 Å². The molecule has 0 aliphatic carbocycles. The van der Waals surface area contributed by atoms with Gasteiger partial charge in [0.1, 0.15) is 12.1 Å². The van der Waals surface area contributed by atoms with Gasteiger partial charge in [0.05, 0.1) is 20.3 Å². The Morgan fingerprint density at radius 3 is 1.73 bits per heavy atom. The van der Waals surface area contributed by atoms with Crippen LogP contribution in [0.1, 0.15) is 71.1 Å². The number of hydrogen-bond acceptors (Lipinski definition) is 8. The summed E-state index contributed by atoms with van der Waals surface area (Å²) in [4.78, 5) is 47.9. The van der Waals surface area contributed by atoms with Crippen molar-refractivity contribution < 1.29 is 38.9 Å². The van der Waals surface area contributed by atoms with Gasteiger partial charge in [0, 0.05) is 25.1 Å². The maximum atomic E-state index is 12.4. The van der Waals surface area contributed by atoms with Crippen LogP contribution in [0, 0.1) is 0 Å². The van der Waals surface area contributed by atoms with E-state index >= 15 is 0 Å². The molecule has 0 rings (SSSR count). The largest absolute Gasteiger partial charge is 0.466 e. The molecule has 0 heterocycles. The van der Waals surface area contributed by atoms with Gasteiger partial charge < -0.3 is 30.3 Å². The fraction of sp³-hybridized carbons (Fsp3) is 0.486. The number of methoxy groups -OCH3 is 1. The highest BCUT2D eigenvalue weighted by Gasteiger charge is 2.24. The number of allylic oxidation sites excluding steroid dienone is 12. The van der Waals surface area contributed by atoms with Gasteiger partial charge in [-0.2, -0.15) is 0 Å². The van der Waals surface area contributed by atoms with E-state index < -0.39 is 43.2 Å². The number of amides is 2. The number of aliphatic hydroxyl groups excluding tert-OH is 2. The molecule has 0 spiro atoms. The third kappa shape index (κ3) is 26.1. The minimum Gasteiger partial charge on any atom is -0.466 e. The molecule has 0 aliphatic heterocycles. The average molecular weight is 629 g/mol. The Kier molecular flexibility index (Phi) is 27.3. The first-order valence-electron chi connectivity index (χ1n) is 15.5. The summed E-state index contributed by atoms with van der Waals surface area (Å²) in [7, 11) is 1.16. The quantitative estimate of drug-likeness (QED) is 0.0501. The maximum absolute atomic E-state index is 12.4. The van der Waals surface area contributed by atoms with Crippen molar-refractivity contribution >= 4 is 23.8 Å². The van der Waals surface area contributed by atoms with Crippen molar-refractivity contribution in [3.63, 3.8) is 0 Å². The standard InChI is InChI=1S/C35H52N2O8/c1-3-4-5-6-7-8-9-10-11-12-13-14-15-16-17-18-19-20-21-24-32(40)36-27-22-23-31(35(43)45-30(28-38)29-39)37-33(41)25-26-34(42)44-2/h4-5,7-8,10-11,13-14,16-17,19-20,25-26,30-31,38-39H,3,6,9,12,15,18,21-24,27-29H2,1-2H3,(H,36,40)(H,37,41)/b5-4-,8-7-,11-10-,14-13-,17-16-,20-19-,26-25+. The van der Waals surface area contributed by atoms with E-state index in [1.165, 1.54) is 0 Å². The number of aliphatic hydroxyl groups is 2. The van der Waals surface area contributed by atoms with Crippen LogP contribution in [0.5, 0.6) is 0 Å². The Labute approximate surface area is 268 Å². The average Bonchev–Trinajstić information content (AvgIpc) is 3.04. The number of rotatable bonds is 25. The van der Waals surface area contributed by atoms with Crippen molar-refractivity contribution in [1.82, 2.24) is 10.6 Å². The molecule has 0 bridgehead atoms. The number of carbonyl (C=O) groups is 4. The molecule has 45 heavy (non-hydrogen) atoms. The zero-order valence-corrected chi connectivity index (χ0v) is 26.8. The summed E-state index contributed by atoms with van der Waals surface area (Å²) in [6.45, 7) is 1.23. The zero-order chi connectivity index (χ0) is 33.4. The van der Waals surface area contributed by atoms with Crippen molar-refractivity contribution in [1.29, 1.82) is 0 Å². The minimum absolute atomic E-state index is 0.119. The molecule has 1 unspecified atom stereocenters. The van der Waals surface area contributed by atoms with E-state index in [-0.39, 0.29) is 18.9 Å². The van der Waals surface area contributed by atoms with Crippen molar-refractivity contribution in [2.24, 2.45) is 0 Å². The molecule has 1 atom stereocenters. The van der Waals surface area contributed by atoms with Crippen LogP contribution in [0.2, 0.25) is 0 Å². The summed E-state index contributed by atoms with van der Waals surface area (Å²) in [6.07, 6.45) is 33.2. The summed E-state index contributed by atoms with van der Waals surface area (Å²) >= 11 is 0. The van der Waals surface area contributed by atoms with E-state index in [9.17, 15) is 19.2 Å². The number of ether oxygens (including phenoxy) is 2. The number of carbonyl (C=O) groups excluding carboxylic acids is 4. The fourth-order valence-corrected chi connectivity index (χ4v) is 3.54. The van der Waals surface area contributed by atoms with Gasteiger partial charge in [-0.1, -0.05) is 79.8 Å². The summed E-state index contributed by atoms with van der Waals surface area (Å²) in [6, 6.07) is -1.11. The topological polar surface area (TPSA) is 151 Å². The molecule has 4 N–H and O–H groups in total. The highest BCUT2D eigenvalue weighted by Crippen LogP contribution is 2.04. The Morgan fingerprint density at radius 1 is 0.733 bits per heavy atom. The van der Waals surface area contributed by atoms with Gasteiger partial charge in [-0.15, -0.1) is 0 Å². The molecule has 10 nitrogen and oxygen atoms in total. The van der Waals surface area contributed by atoms with Crippen LogP contribution < -0.4 is 10.6 Å². The molecular formula is C35H52N2O8. The van der Waals surface area contributed by atoms with E-state index in [0.29, 0.717) is 19.3 Å². The molecule has 2 amide bonds. The smallest absolute Gasteiger partial charge is 0.330 e. The number of nitrogens with one attached hydrogen (secondary N) is 2. The molecule has 0 saturated heterocycles. The second kappa shape index (κ2) is 30.0. The molecule has 0 aromatic heterocycles. The van der Waals surface area contributed by atoms with E-state index in [2.05, 4.69) is 83.1 Å². The van der Waals surface area contributed by atoms with E-state index in [0.717, 1.165) is 57.8 Å². The summed E-state index contributed by atoms with van der Waals surface area (Å²) in [5.74, 6) is -2.46. The third-order valence-electron chi connectivity index (χ3n) is 5.99. The highest BCUT2D eigenvalue weighted by molar-refractivity contribution is 5.96. The molecular weight excluding hydrogens is 576 g/mol. The first-order valence-corrected chi connectivity index (χ1v) is 15.5. The Hall–Kier alpha value is -4.02. The Balaban J connectivity index is 4.24. The SMILES string of the molecule is CC/C=C\C/C=C\C/C=C\C/C=C\C/C=C\C/C=C\CCC(=O)NCCCC(NC(=O)/C=C/C(=O)OC)C(=O)OC(CO)CO. The van der Waals surface area contributed by atoms with Crippen molar-refractivity contribution in [2.75, 3.05) is 26.9 Å². The highest BCUT2D eigenvalue weighted by atomic mass is 16.6. The molecule has 0 aromatic carbocycles. The lowest BCUT2D eigenvalue weighted by molar-refractivity contribution is -0.157. The molecule has 250 valence electrons. The molecule has 0 saturated carbocycles. The van der Waals surface area contributed by atoms with E-state index in [1.807, 2.05) is 12.2 Å². The summed E-state index contributed by atoms with van der Waals surface area (Å²) < 4.78 is 9.43. The van der Waals surface area contributed by atoms with Gasteiger partial charge in [-0.25, -0.2) is 9.59 Å². The van der Waals surface area contributed by atoms with Gasteiger partial charge >= 0.3 is 11.9 Å². The number of esters is 2. The molecule has 0 aliphatic rings. The zero-order valence-electron chi connectivity index (χ0n) is 26.8. The first-order chi connectivity index (χ1) is 21.9. The molecule has 0 fully saturated rings. The van der Waals surface area contributed by atoms with E-state index in [4.69, 9.17) is 14.9 Å². The molecule has 0 aromatic rings. The van der Waals surface area contributed by atoms with Crippen molar-refractivity contribution in [3.8, 4) is 0 Å². The van der Waals surface area contributed by atoms with Crippen LogP contribution in [-0.2, 0) is 28.7 Å². The van der Waals surface area contributed by atoms with Gasteiger partial charge in [0.2, 0.25) is 11.8 Å². The van der Waals surface area contributed by atoms with Crippen LogP contribution in [0.25, 0.3) is 0 Å². The van der Waals surface area contributed by atoms with Gasteiger partial charge in [0.25, 0.3) is 0 Å². The maximum Gasteiger partial charge on any atom is 0.330 e. The van der Waals surface area contributed by atoms with Gasteiger partial charge in [0.15, 0.2) is 0 Å². The second-order valence-electron chi connectivity index (χ2n) is 9.79. The molecule has 10 heteroatoms. The van der Waals surface area contributed by atoms with Crippen LogP contribution in [0.3, 0.4) is 0 Å². The van der Waals surface area contributed by atoms with Crippen molar-refractivity contribution in [2.45, 2.75) is 83.3 Å². The fourth-order valence-electron chi connectivity index (χ4n) is 3.54. The first kappa shape index (κ1) is 41.0. The lowest BCUT2D eigenvalue weighted by Crippen LogP contribution is -2.44. The van der Waals surface area contributed by atoms with Gasteiger partial charge in [-0.05, 0) is 57.8 Å². The monoisotopic (exact) mass is 628 g/mol. The van der Waals surface area contributed by atoms with Crippen LogP contribution in [0.4, 0.5) is 0 Å². The Bertz CT molecular complexity index is 1040. The number of hydrogen-bond donors (Lipinski definition) is 4. The van der Waals surface area contributed by atoms with E-state index in [1.54, 1.807) is 0 Å².